The molecule has 0 unspecified atom stereocenters. The van der Waals surface area contributed by atoms with Crippen LogP contribution in [0.2, 0.25) is 16.9 Å². The highest BCUT2D eigenvalue weighted by atomic mass is 35.5. The number of halogens is 8. The monoisotopic (exact) mass is 992 g/mol. The summed E-state index contributed by atoms with van der Waals surface area (Å²) in [5.74, 6) is -14.0. The van der Waals surface area contributed by atoms with Crippen LogP contribution in [0.1, 0.15) is 25.0 Å². The Morgan fingerprint density at radius 3 is 1.46 bits per heavy atom. The molecule has 0 spiro atoms. The Labute approximate surface area is 389 Å². The number of alkyl halides is 4. The van der Waals surface area contributed by atoms with Gasteiger partial charge in [0.25, 0.3) is 11.8 Å². The van der Waals surface area contributed by atoms with Gasteiger partial charge in [0.1, 0.15) is 18.2 Å². The second kappa shape index (κ2) is 26.5. The quantitative estimate of drug-likeness (QED) is 0.0203. The number of aliphatic hydroxyl groups excluding tert-OH is 3. The standard InChI is InChI=1S/C21H20ClF3N2O6.C18H19BClFN2O5.C3H6F2O/c1-21(24,25)11-33-20(32)17(28)10-27(26-18(29)19(30)31)9-12-2-4-13(5-3-12)15-8-14(22)6-7-16(15)23;1-19(28)18(27)22-23(10-16(24)17(25)26)9-11-2-4-12(5-3-11)14-8-13(20)6-7-15(14)21;1-3(4,5)2-6/h2-8,17,28H,9-11H2,1H3,(H,26,29)(H,30,31);2-8,16,24,28H,9-10H2,1H3,(H,22,27)(H,25,26);6H,2H2,1H3/t17-;16-;/m11./s1. The topological polar surface area (TPSA) is 246 Å². The summed E-state index contributed by atoms with van der Waals surface area (Å²) in [6, 6.07) is 21.1. The predicted molar refractivity (Wildman–Crippen MR) is 232 cm³/mol. The Balaban J connectivity index is 0.000000414. The molecule has 0 aliphatic heterocycles. The molecule has 67 heavy (non-hydrogen) atoms. The number of rotatable bonds is 18. The number of esters is 1. The van der Waals surface area contributed by atoms with Crippen LogP contribution in [0.25, 0.3) is 22.3 Å². The predicted octanol–water partition coefficient (Wildman–Crippen LogP) is 5.47. The van der Waals surface area contributed by atoms with Gasteiger partial charge in [-0.15, -0.1) is 0 Å². The summed E-state index contributed by atoms with van der Waals surface area (Å²) in [6.45, 7) is -2.37. The Hall–Kier alpha value is -5.79. The van der Waals surface area contributed by atoms with Crippen molar-refractivity contribution in [2.45, 2.75) is 57.8 Å². The molecule has 0 bridgehead atoms. The lowest BCUT2D eigenvalue weighted by molar-refractivity contribution is -0.165. The first kappa shape index (κ1) is 57.3. The molecule has 0 saturated carbocycles. The van der Waals surface area contributed by atoms with Crippen molar-refractivity contribution in [1.82, 2.24) is 20.9 Å². The number of aliphatic hydroxyl groups is 3. The van der Waals surface area contributed by atoms with Crippen LogP contribution in [0.5, 0.6) is 0 Å². The number of aliphatic carboxylic acids is 2. The minimum Gasteiger partial charge on any atom is -0.479 e. The minimum atomic E-state index is -3.31. The summed E-state index contributed by atoms with van der Waals surface area (Å²) < 4.78 is 80.4. The summed E-state index contributed by atoms with van der Waals surface area (Å²) in [5, 5.41) is 57.0. The highest BCUT2D eigenvalue weighted by Crippen LogP contribution is 2.28. The number of hydrogen-bond donors (Lipinski definition) is 8. The molecule has 4 aromatic rings. The van der Waals surface area contributed by atoms with Crippen LogP contribution < -0.4 is 10.9 Å². The highest BCUT2D eigenvalue weighted by Gasteiger charge is 2.29. The van der Waals surface area contributed by atoms with Gasteiger partial charge in [-0.25, -0.2) is 50.7 Å². The fourth-order valence-electron chi connectivity index (χ4n) is 5.06. The van der Waals surface area contributed by atoms with Crippen molar-refractivity contribution in [3.63, 3.8) is 0 Å². The van der Waals surface area contributed by atoms with Gasteiger partial charge in [-0.1, -0.05) is 71.7 Å². The number of carboxylic acids is 2. The van der Waals surface area contributed by atoms with Gasteiger partial charge in [0.2, 0.25) is 5.81 Å². The maximum absolute atomic E-state index is 14.1. The first-order chi connectivity index (χ1) is 31.1. The van der Waals surface area contributed by atoms with E-state index >= 15 is 0 Å². The number of hydrogen-bond acceptors (Lipinski definition) is 12. The van der Waals surface area contributed by atoms with Gasteiger partial charge in [-0.3, -0.25) is 20.4 Å². The van der Waals surface area contributed by atoms with E-state index in [4.69, 9.17) is 38.5 Å². The van der Waals surface area contributed by atoms with Crippen molar-refractivity contribution in [3.8, 4) is 22.3 Å². The van der Waals surface area contributed by atoms with Gasteiger partial charge in [-0.05, 0) is 65.5 Å². The van der Waals surface area contributed by atoms with E-state index in [9.17, 15) is 65.6 Å². The van der Waals surface area contributed by atoms with Gasteiger partial charge in [0, 0.05) is 48.1 Å². The number of ether oxygens (including phenoxy) is 1. The van der Waals surface area contributed by atoms with Crippen molar-refractivity contribution in [1.29, 1.82) is 0 Å². The zero-order chi connectivity index (χ0) is 50.8. The first-order valence-electron chi connectivity index (χ1n) is 19.3. The van der Waals surface area contributed by atoms with Crippen LogP contribution in [0.3, 0.4) is 0 Å². The Bertz CT molecular complexity index is 2290. The number of carboxylic acid groups (broad SMARTS) is 2. The number of hydrazine groups is 2. The summed E-state index contributed by atoms with van der Waals surface area (Å²) >= 11 is 11.8. The molecule has 0 heterocycles. The Morgan fingerprint density at radius 2 is 1.10 bits per heavy atom. The number of benzene rings is 4. The number of carbonyl (C=O) groups excluding carboxylic acids is 3. The molecule has 4 rings (SSSR count). The maximum Gasteiger partial charge on any atom is 0.395 e. The van der Waals surface area contributed by atoms with Crippen LogP contribution in [-0.2, 0) is 37.0 Å². The Kier molecular flexibility index (Phi) is 22.7. The van der Waals surface area contributed by atoms with Crippen LogP contribution in [0.15, 0.2) is 84.9 Å². The fraction of sp³-hybridized carbons (Fsp3) is 0.310. The molecule has 0 aliphatic carbocycles. The zero-order valence-corrected chi connectivity index (χ0v) is 37.1. The number of nitrogens with one attached hydrogen (secondary N) is 2. The van der Waals surface area contributed by atoms with E-state index < -0.39 is 98.5 Å². The van der Waals surface area contributed by atoms with Crippen molar-refractivity contribution < 1.29 is 85.6 Å². The molecule has 4 aromatic carbocycles. The number of carbonyl (C=O) groups is 5. The molecule has 2 atom stereocenters. The van der Waals surface area contributed by atoms with E-state index in [1.54, 1.807) is 36.4 Å². The van der Waals surface area contributed by atoms with Gasteiger partial charge >= 0.3 is 30.7 Å². The van der Waals surface area contributed by atoms with Crippen LogP contribution in [0, 0.1) is 11.6 Å². The van der Waals surface area contributed by atoms with Crippen LogP contribution in [-0.4, -0.2) is 127 Å². The van der Waals surface area contributed by atoms with E-state index in [1.807, 2.05) is 5.43 Å². The van der Waals surface area contributed by atoms with Crippen molar-refractivity contribution in [2.24, 2.45) is 0 Å². The van der Waals surface area contributed by atoms with Crippen LogP contribution in [0.4, 0.5) is 31.1 Å². The van der Waals surface area contributed by atoms with Gasteiger partial charge in [-0.2, -0.15) is 0 Å². The lowest BCUT2D eigenvalue weighted by Crippen LogP contribution is -2.50. The zero-order valence-electron chi connectivity index (χ0n) is 35.6. The molecule has 2 amide bonds. The van der Waals surface area contributed by atoms with Crippen molar-refractivity contribution in [3.05, 3.63) is 118 Å². The molecule has 0 saturated heterocycles. The molecule has 16 nitrogen and oxygen atoms in total. The molecular formula is C42H45BCl2F6N4O12. The SMILES string of the molecule is CB(O)C(=O)NN(Cc1ccc(-c2cc(Cl)ccc2F)cc1)C[C@@H](O)C(=O)O.CC(F)(F)CO.CC(F)(F)COC(=O)[C@H](O)CN(Cc1ccc(-c2cc(Cl)ccc2F)cc1)NC(=O)C(=O)O. The highest BCUT2D eigenvalue weighted by molar-refractivity contribution is 6.82. The van der Waals surface area contributed by atoms with E-state index in [1.165, 1.54) is 60.4 Å². The molecular weight excluding hydrogens is 948 g/mol. The van der Waals surface area contributed by atoms with E-state index in [-0.39, 0.29) is 18.7 Å². The lowest BCUT2D eigenvalue weighted by atomic mass is 9.71. The first-order valence-corrected chi connectivity index (χ1v) is 20.1. The van der Waals surface area contributed by atoms with Gasteiger partial charge < -0.3 is 35.3 Å². The number of nitrogens with zero attached hydrogens (tertiary/aromatic N) is 2. The Morgan fingerprint density at radius 1 is 0.701 bits per heavy atom. The van der Waals surface area contributed by atoms with Crippen LogP contribution >= 0.6 is 23.2 Å². The molecule has 25 heteroatoms. The summed E-state index contributed by atoms with van der Waals surface area (Å²) in [5.41, 5.74) is 7.15. The van der Waals surface area contributed by atoms with E-state index in [0.29, 0.717) is 51.7 Å². The third-order valence-electron chi connectivity index (χ3n) is 8.32. The molecule has 0 aliphatic rings. The smallest absolute Gasteiger partial charge is 0.395 e. The van der Waals surface area contributed by atoms with Crippen molar-refractivity contribution in [2.75, 3.05) is 26.3 Å². The third kappa shape index (κ3) is 21.6. The number of amides is 2. The van der Waals surface area contributed by atoms with Crippen molar-refractivity contribution >= 4 is 59.7 Å². The van der Waals surface area contributed by atoms with E-state index in [2.05, 4.69) is 10.2 Å². The molecule has 8 N–H and O–H groups in total. The van der Waals surface area contributed by atoms with E-state index in [0.717, 1.165) is 5.01 Å². The minimum absolute atomic E-state index is 0.0567. The molecule has 0 radical (unpaired) electrons. The summed E-state index contributed by atoms with van der Waals surface area (Å²) in [4.78, 5) is 56.8. The average molecular weight is 994 g/mol. The molecule has 0 fully saturated rings. The van der Waals surface area contributed by atoms with Gasteiger partial charge in [0.05, 0.1) is 13.1 Å². The lowest BCUT2D eigenvalue weighted by Gasteiger charge is -2.25. The third-order valence-corrected chi connectivity index (χ3v) is 8.79. The maximum atomic E-state index is 14.1. The molecule has 364 valence electrons. The fourth-order valence-corrected chi connectivity index (χ4v) is 5.41. The summed E-state index contributed by atoms with van der Waals surface area (Å²) in [7, 11) is 0. The summed E-state index contributed by atoms with van der Waals surface area (Å²) in [6.07, 6.45) is -3.68. The molecule has 0 aromatic heterocycles. The normalized spacial score (nSPS) is 12.1. The largest absolute Gasteiger partial charge is 0.479 e. The second-order valence-corrected chi connectivity index (χ2v) is 15.5. The van der Waals surface area contributed by atoms with Gasteiger partial charge in [0.15, 0.2) is 18.8 Å². The average Bonchev–Trinajstić information content (AvgIpc) is 3.24. The second-order valence-electron chi connectivity index (χ2n) is 14.6.